The molecular weight excluding hydrogens is 274 g/mol. The zero-order chi connectivity index (χ0) is 16.6. The number of rotatable bonds is 9. The molecule has 0 saturated carbocycles. The molecule has 0 aliphatic rings. The average molecular weight is 301 g/mol. The van der Waals surface area contributed by atoms with E-state index in [1.807, 2.05) is 20.8 Å². The van der Waals surface area contributed by atoms with E-state index in [2.05, 4.69) is 10.6 Å². The van der Waals surface area contributed by atoms with Crippen LogP contribution in [0.4, 0.5) is 0 Å². The number of aliphatic carboxylic acids is 1. The first-order valence-electron chi connectivity index (χ1n) is 7.30. The predicted molar refractivity (Wildman–Crippen MR) is 79.5 cm³/mol. The fraction of sp³-hybridized carbons (Fsp3) is 0.786. The van der Waals surface area contributed by atoms with E-state index in [0.29, 0.717) is 12.8 Å². The van der Waals surface area contributed by atoms with E-state index in [0.717, 1.165) is 0 Å². The topological polar surface area (TPSA) is 122 Å². The maximum absolute atomic E-state index is 12.3. The number of nitrogens with one attached hydrogen (secondary N) is 2. The molecule has 0 aromatic carbocycles. The van der Waals surface area contributed by atoms with Crippen LogP contribution in [0.1, 0.15) is 40.5 Å². The normalized spacial score (nSPS) is 16.4. The number of hydrogen-bond donors (Lipinski definition) is 4. The van der Waals surface area contributed by atoms with E-state index >= 15 is 0 Å². The van der Waals surface area contributed by atoms with Crippen LogP contribution in [0.5, 0.6) is 0 Å². The molecule has 0 bridgehead atoms. The fourth-order valence-corrected chi connectivity index (χ4v) is 1.86. The first kappa shape index (κ1) is 19.4. The summed E-state index contributed by atoms with van der Waals surface area (Å²) in [6.45, 7) is 7.11. The van der Waals surface area contributed by atoms with Crippen molar-refractivity contribution < 1.29 is 19.5 Å². The summed E-state index contributed by atoms with van der Waals surface area (Å²) in [6.07, 6.45) is 1.30. The fourth-order valence-electron chi connectivity index (χ4n) is 1.86. The van der Waals surface area contributed by atoms with Gasteiger partial charge in [0, 0.05) is 0 Å². The van der Waals surface area contributed by atoms with Gasteiger partial charge in [0.25, 0.3) is 0 Å². The van der Waals surface area contributed by atoms with Crippen molar-refractivity contribution in [3.8, 4) is 0 Å². The van der Waals surface area contributed by atoms with Crippen molar-refractivity contribution in [2.24, 2.45) is 17.6 Å². The van der Waals surface area contributed by atoms with Gasteiger partial charge >= 0.3 is 5.97 Å². The van der Waals surface area contributed by atoms with Gasteiger partial charge in [-0.25, -0.2) is 4.79 Å². The summed E-state index contributed by atoms with van der Waals surface area (Å²) in [7, 11) is 0. The molecule has 2 amide bonds. The summed E-state index contributed by atoms with van der Waals surface area (Å²) in [6, 6.07) is -1.75. The summed E-state index contributed by atoms with van der Waals surface area (Å²) < 4.78 is 0. The van der Waals surface area contributed by atoms with Crippen molar-refractivity contribution in [1.82, 2.24) is 10.6 Å². The Bertz CT molecular complexity index is 373. The standard InChI is InChI=1S/C14H27N3O4/c1-5-8(3)11(16-10(18)7-15)13(19)17-12(14(20)21)9(4)6-2/h8-9,11-12H,5-7,15H2,1-4H3,(H,16,18)(H,17,19)(H,20,21). The molecule has 0 aliphatic carbocycles. The van der Waals surface area contributed by atoms with Crippen molar-refractivity contribution in [3.63, 3.8) is 0 Å². The van der Waals surface area contributed by atoms with Gasteiger partial charge in [-0.05, 0) is 11.8 Å². The second-order valence-corrected chi connectivity index (χ2v) is 5.34. The van der Waals surface area contributed by atoms with Crippen molar-refractivity contribution in [3.05, 3.63) is 0 Å². The molecule has 5 N–H and O–H groups in total. The molecule has 122 valence electrons. The molecule has 4 unspecified atom stereocenters. The Morgan fingerprint density at radius 3 is 1.86 bits per heavy atom. The third-order valence-electron chi connectivity index (χ3n) is 3.77. The van der Waals surface area contributed by atoms with Gasteiger partial charge in [0.05, 0.1) is 6.54 Å². The van der Waals surface area contributed by atoms with Crippen molar-refractivity contribution in [1.29, 1.82) is 0 Å². The van der Waals surface area contributed by atoms with E-state index in [1.165, 1.54) is 0 Å². The molecule has 0 aliphatic heterocycles. The minimum atomic E-state index is -1.08. The van der Waals surface area contributed by atoms with Crippen LogP contribution >= 0.6 is 0 Å². The smallest absolute Gasteiger partial charge is 0.326 e. The Balaban J connectivity index is 5.01. The highest BCUT2D eigenvalue weighted by atomic mass is 16.4. The van der Waals surface area contributed by atoms with Gasteiger partial charge < -0.3 is 21.5 Å². The lowest BCUT2D eigenvalue weighted by atomic mass is 9.95. The zero-order valence-corrected chi connectivity index (χ0v) is 13.2. The summed E-state index contributed by atoms with van der Waals surface area (Å²) >= 11 is 0. The minimum Gasteiger partial charge on any atom is -0.480 e. The lowest BCUT2D eigenvalue weighted by molar-refractivity contribution is -0.144. The van der Waals surface area contributed by atoms with E-state index in [1.54, 1.807) is 6.92 Å². The van der Waals surface area contributed by atoms with Crippen LogP contribution in [-0.4, -0.2) is 41.5 Å². The number of amides is 2. The lowest BCUT2D eigenvalue weighted by Crippen LogP contribution is -2.56. The molecule has 0 fully saturated rings. The summed E-state index contributed by atoms with van der Waals surface area (Å²) in [4.78, 5) is 35.0. The molecule has 0 aromatic heterocycles. The van der Waals surface area contributed by atoms with Gasteiger partial charge in [-0.2, -0.15) is 0 Å². The molecule has 21 heavy (non-hydrogen) atoms. The molecule has 0 aromatic rings. The van der Waals surface area contributed by atoms with Crippen LogP contribution in [0, 0.1) is 11.8 Å². The number of carbonyl (C=O) groups is 3. The van der Waals surface area contributed by atoms with Gasteiger partial charge in [0.1, 0.15) is 12.1 Å². The molecule has 7 nitrogen and oxygen atoms in total. The van der Waals surface area contributed by atoms with Crippen LogP contribution in [-0.2, 0) is 14.4 Å². The SMILES string of the molecule is CCC(C)C(NC(=O)C(NC(=O)CN)C(C)CC)C(=O)O. The molecule has 0 radical (unpaired) electrons. The highest BCUT2D eigenvalue weighted by molar-refractivity contribution is 5.91. The van der Waals surface area contributed by atoms with Gasteiger partial charge in [0.15, 0.2) is 0 Å². The van der Waals surface area contributed by atoms with Crippen LogP contribution in [0.3, 0.4) is 0 Å². The maximum atomic E-state index is 12.3. The number of hydrogen-bond acceptors (Lipinski definition) is 4. The maximum Gasteiger partial charge on any atom is 0.326 e. The number of nitrogens with two attached hydrogens (primary N) is 1. The van der Waals surface area contributed by atoms with Crippen molar-refractivity contribution >= 4 is 17.8 Å². The van der Waals surface area contributed by atoms with Crippen LogP contribution in [0.15, 0.2) is 0 Å². The molecule has 0 heterocycles. The largest absolute Gasteiger partial charge is 0.480 e. The van der Waals surface area contributed by atoms with E-state index in [4.69, 9.17) is 5.73 Å². The first-order chi connectivity index (χ1) is 9.78. The minimum absolute atomic E-state index is 0.119. The van der Waals surface area contributed by atoms with Crippen molar-refractivity contribution in [2.45, 2.75) is 52.6 Å². The molecule has 0 spiro atoms. The summed E-state index contributed by atoms with van der Waals surface area (Å²) in [5.41, 5.74) is 5.24. The lowest BCUT2D eigenvalue weighted by Gasteiger charge is -2.27. The van der Waals surface area contributed by atoms with Crippen molar-refractivity contribution in [2.75, 3.05) is 6.54 Å². The number of carboxylic acids is 1. The molecule has 4 atom stereocenters. The molecule has 0 rings (SSSR count). The van der Waals surface area contributed by atoms with Crippen LogP contribution in [0.25, 0.3) is 0 Å². The Morgan fingerprint density at radius 2 is 1.48 bits per heavy atom. The summed E-state index contributed by atoms with van der Waals surface area (Å²) in [5, 5.41) is 14.3. The van der Waals surface area contributed by atoms with E-state index < -0.39 is 29.9 Å². The third-order valence-corrected chi connectivity index (χ3v) is 3.77. The quantitative estimate of drug-likeness (QED) is 0.481. The number of carboxylic acid groups (broad SMARTS) is 1. The Labute approximate surface area is 125 Å². The van der Waals surface area contributed by atoms with Gasteiger partial charge in [-0.3, -0.25) is 9.59 Å². The Hall–Kier alpha value is -1.63. The molecule has 0 saturated heterocycles. The zero-order valence-electron chi connectivity index (χ0n) is 13.2. The van der Waals surface area contributed by atoms with E-state index in [9.17, 15) is 19.5 Å². The van der Waals surface area contributed by atoms with Gasteiger partial charge in [-0.15, -0.1) is 0 Å². The average Bonchev–Trinajstić information content (AvgIpc) is 2.47. The third kappa shape index (κ3) is 6.12. The summed E-state index contributed by atoms with van der Waals surface area (Å²) in [5.74, 6) is -2.32. The second kappa shape index (κ2) is 9.33. The van der Waals surface area contributed by atoms with Gasteiger partial charge in [0.2, 0.25) is 11.8 Å². The van der Waals surface area contributed by atoms with Crippen LogP contribution < -0.4 is 16.4 Å². The Kier molecular flexibility index (Phi) is 8.61. The Morgan fingerprint density at radius 1 is 1.00 bits per heavy atom. The van der Waals surface area contributed by atoms with Crippen LogP contribution in [0.2, 0.25) is 0 Å². The highest BCUT2D eigenvalue weighted by Gasteiger charge is 2.31. The second-order valence-electron chi connectivity index (χ2n) is 5.34. The highest BCUT2D eigenvalue weighted by Crippen LogP contribution is 2.12. The predicted octanol–water partition coefficient (Wildman–Crippen LogP) is 0.0915. The molecule has 7 heteroatoms. The monoisotopic (exact) mass is 301 g/mol. The molecular formula is C14H27N3O4. The first-order valence-corrected chi connectivity index (χ1v) is 7.30. The van der Waals surface area contributed by atoms with E-state index in [-0.39, 0.29) is 18.4 Å². The van der Waals surface area contributed by atoms with Gasteiger partial charge in [-0.1, -0.05) is 40.5 Å². The number of carbonyl (C=O) groups excluding carboxylic acids is 2.